The molecule has 0 amide bonds. The van der Waals surface area contributed by atoms with Crippen LogP contribution in [0.3, 0.4) is 0 Å². The minimum atomic E-state index is 0.519. The zero-order chi connectivity index (χ0) is 15.0. The molecule has 1 atom stereocenters. The fourth-order valence-corrected chi connectivity index (χ4v) is 2.72. The highest BCUT2D eigenvalue weighted by Crippen LogP contribution is 2.25. The van der Waals surface area contributed by atoms with Gasteiger partial charge in [0.25, 0.3) is 0 Å². The first kappa shape index (κ1) is 17.0. The number of hydrogen-bond acceptors (Lipinski definition) is 3. The molecule has 1 heterocycles. The molecular formula is C17H30N2O. The quantitative estimate of drug-likeness (QED) is 0.698. The fourth-order valence-electron chi connectivity index (χ4n) is 2.72. The van der Waals surface area contributed by atoms with Gasteiger partial charge in [-0.15, -0.1) is 0 Å². The molecule has 0 bridgehead atoms. The number of rotatable bonds is 9. The van der Waals surface area contributed by atoms with Crippen molar-refractivity contribution in [2.75, 3.05) is 13.7 Å². The topological polar surface area (TPSA) is 34.1 Å². The van der Waals surface area contributed by atoms with Gasteiger partial charge in [0, 0.05) is 35.5 Å². The van der Waals surface area contributed by atoms with E-state index in [4.69, 9.17) is 4.74 Å². The molecule has 0 spiro atoms. The van der Waals surface area contributed by atoms with Crippen molar-refractivity contribution in [3.63, 3.8) is 0 Å². The molecule has 1 rings (SSSR count). The number of unbranched alkanes of at least 4 members (excludes halogenated alkanes) is 2. The highest BCUT2D eigenvalue weighted by molar-refractivity contribution is 5.41. The minimum Gasteiger partial charge on any atom is -0.496 e. The van der Waals surface area contributed by atoms with Crippen LogP contribution in [0.5, 0.6) is 5.75 Å². The van der Waals surface area contributed by atoms with Crippen LogP contribution in [0.1, 0.15) is 56.4 Å². The zero-order valence-electron chi connectivity index (χ0n) is 13.8. The number of aryl methyl sites for hydroxylation is 1. The van der Waals surface area contributed by atoms with E-state index in [0.717, 1.165) is 30.0 Å². The lowest BCUT2D eigenvalue weighted by Crippen LogP contribution is -2.31. The Bertz CT molecular complexity index is 404. The van der Waals surface area contributed by atoms with Crippen molar-refractivity contribution in [1.82, 2.24) is 10.3 Å². The van der Waals surface area contributed by atoms with Gasteiger partial charge in [-0.1, -0.05) is 33.1 Å². The predicted molar refractivity (Wildman–Crippen MR) is 85.6 cm³/mol. The van der Waals surface area contributed by atoms with Crippen LogP contribution in [-0.2, 0) is 6.42 Å². The summed E-state index contributed by atoms with van der Waals surface area (Å²) < 4.78 is 5.50. The average molecular weight is 278 g/mol. The van der Waals surface area contributed by atoms with Crippen molar-refractivity contribution in [3.05, 3.63) is 23.0 Å². The van der Waals surface area contributed by atoms with E-state index < -0.39 is 0 Å². The number of likely N-dealkylation sites (N-methyl/N-ethyl adjacent to an activating group) is 1. The van der Waals surface area contributed by atoms with Crippen LogP contribution in [0.4, 0.5) is 0 Å². The SMILES string of the molecule is CCCCCC(Cc1ncc(C)c(OC)c1C)NCC. The van der Waals surface area contributed by atoms with Gasteiger partial charge in [0.15, 0.2) is 0 Å². The number of methoxy groups -OCH3 is 1. The van der Waals surface area contributed by atoms with E-state index in [-0.39, 0.29) is 0 Å². The van der Waals surface area contributed by atoms with Gasteiger partial charge >= 0.3 is 0 Å². The Labute approximate surface area is 124 Å². The van der Waals surface area contributed by atoms with E-state index in [9.17, 15) is 0 Å². The summed E-state index contributed by atoms with van der Waals surface area (Å²) in [6, 6.07) is 0.519. The molecule has 0 radical (unpaired) electrons. The Morgan fingerprint density at radius 1 is 1.25 bits per heavy atom. The molecule has 0 aliphatic rings. The predicted octanol–water partition coefficient (Wildman–Crippen LogP) is 3.81. The molecule has 1 aromatic heterocycles. The second-order valence-electron chi connectivity index (χ2n) is 5.50. The van der Waals surface area contributed by atoms with E-state index in [1.54, 1.807) is 7.11 Å². The van der Waals surface area contributed by atoms with Crippen molar-refractivity contribution in [2.24, 2.45) is 0 Å². The molecular weight excluding hydrogens is 248 g/mol. The molecule has 20 heavy (non-hydrogen) atoms. The maximum Gasteiger partial charge on any atom is 0.128 e. The summed E-state index contributed by atoms with van der Waals surface area (Å²) in [7, 11) is 1.74. The number of pyridine rings is 1. The first-order chi connectivity index (χ1) is 9.63. The molecule has 3 nitrogen and oxygen atoms in total. The summed E-state index contributed by atoms with van der Waals surface area (Å²) in [5.74, 6) is 0.985. The van der Waals surface area contributed by atoms with Crippen molar-refractivity contribution < 1.29 is 4.74 Å². The molecule has 114 valence electrons. The van der Waals surface area contributed by atoms with E-state index in [1.165, 1.54) is 31.2 Å². The van der Waals surface area contributed by atoms with E-state index in [0.29, 0.717) is 6.04 Å². The lowest BCUT2D eigenvalue weighted by atomic mass is 10.00. The highest BCUT2D eigenvalue weighted by Gasteiger charge is 2.14. The van der Waals surface area contributed by atoms with E-state index >= 15 is 0 Å². The van der Waals surface area contributed by atoms with Crippen LogP contribution in [-0.4, -0.2) is 24.7 Å². The molecule has 1 unspecified atom stereocenters. The molecule has 1 aromatic rings. The highest BCUT2D eigenvalue weighted by atomic mass is 16.5. The summed E-state index contributed by atoms with van der Waals surface area (Å²) in [6.45, 7) is 9.59. The average Bonchev–Trinajstić information content (AvgIpc) is 2.43. The van der Waals surface area contributed by atoms with Crippen LogP contribution in [0, 0.1) is 13.8 Å². The third kappa shape index (κ3) is 4.78. The number of ether oxygens (including phenoxy) is 1. The van der Waals surface area contributed by atoms with Crippen molar-refractivity contribution in [1.29, 1.82) is 0 Å². The third-order valence-corrected chi connectivity index (χ3v) is 3.84. The van der Waals surface area contributed by atoms with Crippen molar-refractivity contribution in [3.8, 4) is 5.75 Å². The Morgan fingerprint density at radius 3 is 2.60 bits per heavy atom. The van der Waals surface area contributed by atoms with Gasteiger partial charge < -0.3 is 10.1 Å². The lowest BCUT2D eigenvalue weighted by Gasteiger charge is -2.19. The van der Waals surface area contributed by atoms with Crippen LogP contribution < -0.4 is 10.1 Å². The fraction of sp³-hybridized carbons (Fsp3) is 0.706. The van der Waals surface area contributed by atoms with Gasteiger partial charge in [0.1, 0.15) is 5.75 Å². The summed E-state index contributed by atoms with van der Waals surface area (Å²) in [4.78, 5) is 4.62. The molecule has 0 saturated heterocycles. The van der Waals surface area contributed by atoms with Crippen LogP contribution >= 0.6 is 0 Å². The molecule has 0 aliphatic heterocycles. The van der Waals surface area contributed by atoms with E-state index in [2.05, 4.69) is 31.1 Å². The Morgan fingerprint density at radius 2 is 2.00 bits per heavy atom. The summed E-state index contributed by atoms with van der Waals surface area (Å²) in [5, 5.41) is 3.59. The third-order valence-electron chi connectivity index (χ3n) is 3.84. The van der Waals surface area contributed by atoms with Crippen LogP contribution in [0.2, 0.25) is 0 Å². The van der Waals surface area contributed by atoms with Crippen molar-refractivity contribution >= 4 is 0 Å². The standard InChI is InChI=1S/C17H30N2O/c1-6-8-9-10-15(18-7-2)11-16-14(4)17(20-5)13(3)12-19-16/h12,15,18H,6-11H2,1-5H3. The van der Waals surface area contributed by atoms with Crippen molar-refractivity contribution in [2.45, 2.75) is 65.8 Å². The maximum atomic E-state index is 5.50. The van der Waals surface area contributed by atoms with Crippen LogP contribution in [0.25, 0.3) is 0 Å². The van der Waals surface area contributed by atoms with Crippen LogP contribution in [0.15, 0.2) is 6.20 Å². The largest absolute Gasteiger partial charge is 0.496 e. The first-order valence-corrected chi connectivity index (χ1v) is 7.86. The monoisotopic (exact) mass is 278 g/mol. The molecule has 1 N–H and O–H groups in total. The number of hydrogen-bond donors (Lipinski definition) is 1. The summed E-state index contributed by atoms with van der Waals surface area (Å²) in [6.07, 6.45) is 8.01. The normalized spacial score (nSPS) is 12.4. The second-order valence-corrected chi connectivity index (χ2v) is 5.50. The van der Waals surface area contributed by atoms with E-state index in [1.807, 2.05) is 13.1 Å². The minimum absolute atomic E-state index is 0.519. The molecule has 0 aromatic carbocycles. The van der Waals surface area contributed by atoms with Gasteiger partial charge in [-0.25, -0.2) is 0 Å². The second kappa shape index (κ2) is 8.96. The first-order valence-electron chi connectivity index (χ1n) is 7.86. The molecule has 0 fully saturated rings. The van der Waals surface area contributed by atoms with Gasteiger partial charge in [0.2, 0.25) is 0 Å². The lowest BCUT2D eigenvalue weighted by molar-refractivity contribution is 0.405. The maximum absolute atomic E-state index is 5.50. The smallest absolute Gasteiger partial charge is 0.128 e. The van der Waals surface area contributed by atoms with Gasteiger partial charge in [-0.2, -0.15) is 0 Å². The zero-order valence-corrected chi connectivity index (χ0v) is 13.8. The molecule has 0 aliphatic carbocycles. The van der Waals surface area contributed by atoms with Gasteiger partial charge in [-0.3, -0.25) is 4.98 Å². The number of nitrogens with one attached hydrogen (secondary N) is 1. The molecule has 3 heteroatoms. The summed E-state index contributed by atoms with van der Waals surface area (Å²) in [5.41, 5.74) is 3.46. The number of aromatic nitrogens is 1. The Kier molecular flexibility index (Phi) is 7.60. The van der Waals surface area contributed by atoms with Gasteiger partial charge in [-0.05, 0) is 26.8 Å². The Balaban J connectivity index is 2.77. The summed E-state index contributed by atoms with van der Waals surface area (Å²) >= 11 is 0. The Hall–Kier alpha value is -1.09. The molecule has 0 saturated carbocycles. The van der Waals surface area contributed by atoms with Gasteiger partial charge in [0.05, 0.1) is 7.11 Å². The number of nitrogens with zero attached hydrogens (tertiary/aromatic N) is 1.